The summed E-state index contributed by atoms with van der Waals surface area (Å²) in [4.78, 5) is 0. The Labute approximate surface area is 114 Å². The molecule has 2 nitrogen and oxygen atoms in total. The number of ether oxygens (including phenoxy) is 2. The summed E-state index contributed by atoms with van der Waals surface area (Å²) in [6.07, 6.45) is 1.12. The predicted molar refractivity (Wildman–Crippen MR) is 74.3 cm³/mol. The summed E-state index contributed by atoms with van der Waals surface area (Å²) in [6.45, 7) is 6.34. The van der Waals surface area contributed by atoms with Crippen molar-refractivity contribution in [2.75, 3.05) is 19.8 Å². The minimum Gasteiger partial charge on any atom is -0.376 e. The normalized spacial score (nSPS) is 23.6. The minimum absolute atomic E-state index is 0.0325. The van der Waals surface area contributed by atoms with Gasteiger partial charge in [0.05, 0.1) is 25.2 Å². The van der Waals surface area contributed by atoms with Crippen molar-refractivity contribution in [2.24, 2.45) is 0 Å². The number of rotatable bonds is 4. The molecule has 0 aliphatic carbocycles. The molecular weight excluding hydrogens is 248 g/mol. The lowest BCUT2D eigenvalue weighted by atomic mass is 9.96. The van der Waals surface area contributed by atoms with Crippen LogP contribution in [0.4, 0.5) is 0 Å². The Bertz CT molecular complexity index is 357. The molecule has 3 unspecified atom stereocenters. The van der Waals surface area contributed by atoms with Crippen LogP contribution in [0.3, 0.4) is 0 Å². The number of hydrogen-bond donors (Lipinski definition) is 0. The summed E-state index contributed by atoms with van der Waals surface area (Å²) in [5.74, 6) is 0.599. The van der Waals surface area contributed by atoms with Crippen LogP contribution in [0.25, 0.3) is 0 Å². The van der Waals surface area contributed by atoms with E-state index in [1.807, 2.05) is 0 Å². The van der Waals surface area contributed by atoms with E-state index in [1.54, 1.807) is 0 Å². The molecule has 3 atom stereocenters. The van der Waals surface area contributed by atoms with Gasteiger partial charge in [-0.25, -0.2) is 0 Å². The summed E-state index contributed by atoms with van der Waals surface area (Å²) in [6, 6.07) is 8.55. The molecule has 2 rings (SSSR count). The number of hydrogen-bond acceptors (Lipinski definition) is 2. The average Bonchev–Trinajstić information content (AvgIpc) is 2.47. The van der Waals surface area contributed by atoms with Gasteiger partial charge in [0, 0.05) is 0 Å². The van der Waals surface area contributed by atoms with Gasteiger partial charge in [-0.05, 0) is 23.5 Å². The van der Waals surface area contributed by atoms with Crippen molar-refractivity contribution < 1.29 is 9.47 Å². The van der Waals surface area contributed by atoms with Crippen molar-refractivity contribution in [2.45, 2.75) is 37.7 Å². The molecule has 1 heterocycles. The van der Waals surface area contributed by atoms with E-state index in [1.165, 1.54) is 5.56 Å². The van der Waals surface area contributed by atoms with Crippen molar-refractivity contribution in [3.8, 4) is 0 Å². The first-order chi connectivity index (χ1) is 8.72. The second kappa shape index (κ2) is 6.55. The lowest BCUT2D eigenvalue weighted by molar-refractivity contribution is -0.0892. The Kier molecular flexibility index (Phi) is 5.04. The van der Waals surface area contributed by atoms with Gasteiger partial charge in [-0.2, -0.15) is 0 Å². The highest BCUT2D eigenvalue weighted by atomic mass is 35.5. The summed E-state index contributed by atoms with van der Waals surface area (Å²) >= 11 is 6.45. The smallest absolute Gasteiger partial charge is 0.101 e. The van der Waals surface area contributed by atoms with Crippen LogP contribution in [-0.4, -0.2) is 25.9 Å². The maximum Gasteiger partial charge on any atom is 0.101 e. The van der Waals surface area contributed by atoms with Crippen LogP contribution in [-0.2, 0) is 9.47 Å². The van der Waals surface area contributed by atoms with Gasteiger partial charge in [-0.1, -0.05) is 38.1 Å². The van der Waals surface area contributed by atoms with Crippen molar-refractivity contribution in [3.63, 3.8) is 0 Å². The first-order valence-electron chi connectivity index (χ1n) is 6.65. The highest BCUT2D eigenvalue weighted by Gasteiger charge is 2.24. The van der Waals surface area contributed by atoms with Crippen LogP contribution in [0, 0.1) is 0 Å². The fourth-order valence-electron chi connectivity index (χ4n) is 2.13. The zero-order valence-corrected chi connectivity index (χ0v) is 11.8. The van der Waals surface area contributed by atoms with Crippen molar-refractivity contribution in [1.82, 2.24) is 0 Å². The van der Waals surface area contributed by atoms with Crippen LogP contribution >= 0.6 is 11.6 Å². The summed E-state index contributed by atoms with van der Waals surface area (Å²) in [7, 11) is 0. The van der Waals surface area contributed by atoms with E-state index in [0.717, 1.165) is 12.0 Å². The lowest BCUT2D eigenvalue weighted by Gasteiger charge is -2.27. The SMILES string of the molecule is CCC(C)c1ccc(C(Cl)C2COCCO2)cc1. The van der Waals surface area contributed by atoms with E-state index in [2.05, 4.69) is 38.1 Å². The Balaban J connectivity index is 2.03. The third-order valence-corrected chi connectivity index (χ3v) is 4.14. The molecule has 1 saturated heterocycles. The highest BCUT2D eigenvalue weighted by molar-refractivity contribution is 6.21. The van der Waals surface area contributed by atoms with Crippen LogP contribution in [0.15, 0.2) is 24.3 Å². The fourth-order valence-corrected chi connectivity index (χ4v) is 2.42. The van der Waals surface area contributed by atoms with Gasteiger partial charge in [-0.3, -0.25) is 0 Å². The molecular formula is C15H21ClO2. The van der Waals surface area contributed by atoms with E-state index >= 15 is 0 Å². The van der Waals surface area contributed by atoms with Crippen LogP contribution < -0.4 is 0 Å². The molecule has 18 heavy (non-hydrogen) atoms. The summed E-state index contributed by atoms with van der Waals surface area (Å²) in [5.41, 5.74) is 2.48. The summed E-state index contributed by atoms with van der Waals surface area (Å²) < 4.78 is 11.0. The quantitative estimate of drug-likeness (QED) is 0.771. The van der Waals surface area contributed by atoms with E-state index in [-0.39, 0.29) is 11.5 Å². The van der Waals surface area contributed by atoms with Crippen molar-refractivity contribution >= 4 is 11.6 Å². The molecule has 0 bridgehead atoms. The zero-order chi connectivity index (χ0) is 13.0. The first-order valence-corrected chi connectivity index (χ1v) is 7.09. The summed E-state index contributed by atoms with van der Waals surface area (Å²) in [5, 5.41) is -0.128. The molecule has 100 valence electrons. The number of benzene rings is 1. The molecule has 0 saturated carbocycles. The Morgan fingerprint density at radius 1 is 1.22 bits per heavy atom. The Hall–Kier alpha value is -0.570. The van der Waals surface area contributed by atoms with Gasteiger partial charge in [0.2, 0.25) is 0 Å². The van der Waals surface area contributed by atoms with Gasteiger partial charge in [0.25, 0.3) is 0 Å². The van der Waals surface area contributed by atoms with Crippen molar-refractivity contribution in [1.29, 1.82) is 0 Å². The monoisotopic (exact) mass is 268 g/mol. The molecule has 0 spiro atoms. The molecule has 1 aliphatic heterocycles. The molecule has 1 fully saturated rings. The van der Waals surface area contributed by atoms with E-state index in [4.69, 9.17) is 21.1 Å². The Morgan fingerprint density at radius 3 is 2.44 bits per heavy atom. The van der Waals surface area contributed by atoms with Crippen LogP contribution in [0.1, 0.15) is 42.7 Å². The van der Waals surface area contributed by atoms with E-state index in [9.17, 15) is 0 Å². The number of halogens is 1. The van der Waals surface area contributed by atoms with Crippen LogP contribution in [0.5, 0.6) is 0 Å². The maximum absolute atomic E-state index is 6.45. The van der Waals surface area contributed by atoms with Crippen LogP contribution in [0.2, 0.25) is 0 Å². The Morgan fingerprint density at radius 2 is 1.89 bits per heavy atom. The first kappa shape index (κ1) is 13.9. The average molecular weight is 269 g/mol. The highest BCUT2D eigenvalue weighted by Crippen LogP contribution is 2.29. The molecule has 0 radical (unpaired) electrons. The molecule has 0 aromatic heterocycles. The topological polar surface area (TPSA) is 18.5 Å². The second-order valence-electron chi connectivity index (χ2n) is 4.86. The van der Waals surface area contributed by atoms with Gasteiger partial charge in [0.1, 0.15) is 6.10 Å². The fraction of sp³-hybridized carbons (Fsp3) is 0.600. The molecule has 1 aromatic carbocycles. The van der Waals surface area contributed by atoms with Gasteiger partial charge in [-0.15, -0.1) is 11.6 Å². The van der Waals surface area contributed by atoms with E-state index < -0.39 is 0 Å². The minimum atomic E-state index is -0.128. The molecule has 3 heteroatoms. The number of alkyl halides is 1. The van der Waals surface area contributed by atoms with E-state index in [0.29, 0.717) is 25.7 Å². The standard InChI is InChI=1S/C15H21ClO2/c1-3-11(2)12-4-6-13(7-5-12)15(16)14-10-17-8-9-18-14/h4-7,11,14-15H,3,8-10H2,1-2H3. The third-order valence-electron chi connectivity index (χ3n) is 3.60. The molecule has 0 N–H and O–H groups in total. The van der Waals surface area contributed by atoms with Gasteiger partial charge in [0.15, 0.2) is 0 Å². The predicted octanol–water partition coefficient (Wildman–Crippen LogP) is 3.90. The second-order valence-corrected chi connectivity index (χ2v) is 5.33. The lowest BCUT2D eigenvalue weighted by Crippen LogP contribution is -2.31. The molecule has 1 aliphatic rings. The maximum atomic E-state index is 6.45. The van der Waals surface area contributed by atoms with Gasteiger partial charge >= 0.3 is 0 Å². The van der Waals surface area contributed by atoms with Crippen molar-refractivity contribution in [3.05, 3.63) is 35.4 Å². The van der Waals surface area contributed by atoms with Gasteiger partial charge < -0.3 is 9.47 Å². The zero-order valence-electron chi connectivity index (χ0n) is 11.1. The molecule has 1 aromatic rings. The molecule has 0 amide bonds. The third kappa shape index (κ3) is 3.25. The largest absolute Gasteiger partial charge is 0.376 e.